The first-order chi connectivity index (χ1) is 15.0. The molecule has 0 saturated heterocycles. The smallest absolute Gasteiger partial charge is 0.338 e. The van der Waals surface area contributed by atoms with Gasteiger partial charge >= 0.3 is 12.0 Å². The average Bonchev–Trinajstić information content (AvgIpc) is 2.77. The first-order valence-electron chi connectivity index (χ1n) is 10.0. The number of rotatable bonds is 8. The minimum absolute atomic E-state index is 0.210. The largest absolute Gasteiger partial charge is 0.493 e. The molecule has 164 valence electrons. The van der Waals surface area contributed by atoms with E-state index in [4.69, 9.17) is 14.2 Å². The van der Waals surface area contributed by atoms with Gasteiger partial charge in [0.25, 0.3) is 0 Å². The Kier molecular flexibility index (Phi) is 7.57. The van der Waals surface area contributed by atoms with Gasteiger partial charge in [0, 0.05) is 0 Å². The molecule has 0 radical (unpaired) electrons. The lowest BCUT2D eigenvalue weighted by Gasteiger charge is -2.30. The molecule has 0 aromatic heterocycles. The maximum Gasteiger partial charge on any atom is 0.338 e. The summed E-state index contributed by atoms with van der Waals surface area (Å²) in [4.78, 5) is 25.5. The Hall–Kier alpha value is -3.00. The number of hydrogen-bond donors (Lipinski definition) is 2. The van der Waals surface area contributed by atoms with Crippen molar-refractivity contribution in [2.75, 3.05) is 20.3 Å². The number of carbonyl (C=O) groups excluding carboxylic acids is 2. The third kappa shape index (κ3) is 5.02. The number of esters is 1. The predicted octanol–water partition coefficient (Wildman–Crippen LogP) is 4.57. The Bertz CT molecular complexity index is 991. The zero-order valence-corrected chi connectivity index (χ0v) is 19.2. The van der Waals surface area contributed by atoms with E-state index in [1.807, 2.05) is 43.3 Å². The number of urea groups is 1. The van der Waals surface area contributed by atoms with E-state index >= 15 is 0 Å². The molecule has 7 nitrogen and oxygen atoms in total. The van der Waals surface area contributed by atoms with Crippen molar-refractivity contribution in [1.29, 1.82) is 0 Å². The number of methoxy groups -OCH3 is 1. The van der Waals surface area contributed by atoms with Crippen LogP contribution in [-0.2, 0) is 9.53 Å². The summed E-state index contributed by atoms with van der Waals surface area (Å²) in [5.74, 6) is 0.550. The molecule has 1 aliphatic rings. The van der Waals surface area contributed by atoms with Crippen LogP contribution in [0.3, 0.4) is 0 Å². The van der Waals surface area contributed by atoms with E-state index in [2.05, 4.69) is 26.6 Å². The minimum Gasteiger partial charge on any atom is -0.493 e. The fourth-order valence-electron chi connectivity index (χ4n) is 3.33. The Morgan fingerprint density at radius 2 is 1.90 bits per heavy atom. The molecule has 2 amide bonds. The van der Waals surface area contributed by atoms with Crippen molar-refractivity contribution in [3.63, 3.8) is 0 Å². The molecule has 2 aromatic rings. The highest BCUT2D eigenvalue weighted by molar-refractivity contribution is 9.10. The van der Waals surface area contributed by atoms with Crippen molar-refractivity contribution in [3.05, 3.63) is 63.6 Å². The lowest BCUT2D eigenvalue weighted by molar-refractivity contribution is -0.138. The maximum atomic E-state index is 13.0. The number of halogens is 1. The number of hydrogen-bond acceptors (Lipinski definition) is 5. The van der Waals surface area contributed by atoms with E-state index in [-0.39, 0.29) is 6.61 Å². The van der Waals surface area contributed by atoms with Crippen LogP contribution in [0.25, 0.3) is 5.70 Å². The molecular weight excluding hydrogens is 464 g/mol. The quantitative estimate of drug-likeness (QED) is 0.531. The lowest BCUT2D eigenvalue weighted by Crippen LogP contribution is -2.45. The number of ether oxygens (including phenoxy) is 3. The molecule has 1 aliphatic heterocycles. The zero-order valence-electron chi connectivity index (χ0n) is 17.7. The molecule has 2 aromatic carbocycles. The highest BCUT2D eigenvalue weighted by Crippen LogP contribution is 2.41. The van der Waals surface area contributed by atoms with Crippen LogP contribution in [0, 0.1) is 0 Å². The van der Waals surface area contributed by atoms with Crippen LogP contribution >= 0.6 is 15.9 Å². The molecule has 0 unspecified atom stereocenters. The minimum atomic E-state index is -0.742. The highest BCUT2D eigenvalue weighted by atomic mass is 79.9. The van der Waals surface area contributed by atoms with E-state index in [0.29, 0.717) is 45.0 Å². The normalized spacial score (nSPS) is 15.7. The van der Waals surface area contributed by atoms with Crippen molar-refractivity contribution in [2.45, 2.75) is 26.3 Å². The molecule has 31 heavy (non-hydrogen) atoms. The van der Waals surface area contributed by atoms with Crippen molar-refractivity contribution >= 4 is 33.6 Å². The monoisotopic (exact) mass is 488 g/mol. The number of carbonyl (C=O) groups is 2. The van der Waals surface area contributed by atoms with Crippen molar-refractivity contribution < 1.29 is 23.8 Å². The van der Waals surface area contributed by atoms with E-state index < -0.39 is 18.0 Å². The van der Waals surface area contributed by atoms with Gasteiger partial charge in [-0.15, -0.1) is 0 Å². The summed E-state index contributed by atoms with van der Waals surface area (Å²) in [5.41, 5.74) is 2.08. The zero-order chi connectivity index (χ0) is 22.4. The second-order valence-electron chi connectivity index (χ2n) is 6.79. The molecular formula is C23H25BrN2O5. The van der Waals surface area contributed by atoms with Crippen LogP contribution in [0.4, 0.5) is 4.79 Å². The molecule has 0 spiro atoms. The Morgan fingerprint density at radius 3 is 2.55 bits per heavy atom. The SMILES string of the molecule is CCCOc1c(Br)cc([C@H]2NC(=O)NC(c3ccccc3)=C2C(=O)OCC)cc1OC. The van der Waals surface area contributed by atoms with Crippen molar-refractivity contribution in [1.82, 2.24) is 10.6 Å². The Balaban J connectivity index is 2.16. The van der Waals surface area contributed by atoms with Gasteiger partial charge in [-0.2, -0.15) is 0 Å². The van der Waals surface area contributed by atoms with Crippen LogP contribution < -0.4 is 20.1 Å². The summed E-state index contributed by atoms with van der Waals surface area (Å²) in [7, 11) is 1.54. The molecule has 2 N–H and O–H groups in total. The lowest BCUT2D eigenvalue weighted by atomic mass is 9.92. The van der Waals surface area contributed by atoms with Crippen LogP contribution in [0.1, 0.15) is 37.4 Å². The van der Waals surface area contributed by atoms with Gasteiger partial charge in [0.15, 0.2) is 11.5 Å². The van der Waals surface area contributed by atoms with Gasteiger partial charge < -0.3 is 24.8 Å². The molecule has 0 saturated carbocycles. The van der Waals surface area contributed by atoms with Crippen LogP contribution in [0.2, 0.25) is 0 Å². The standard InChI is InChI=1S/C23H25BrN2O5/c1-4-11-31-21-16(24)12-15(13-17(21)29-3)20-18(22(27)30-5-2)19(25-23(28)26-20)14-9-7-6-8-10-14/h6-10,12-13,20H,4-5,11H2,1-3H3,(H2,25,26,28)/t20-/m1/s1. The molecule has 1 heterocycles. The highest BCUT2D eigenvalue weighted by Gasteiger charge is 2.35. The molecule has 0 fully saturated rings. The van der Waals surface area contributed by atoms with Gasteiger partial charge in [-0.25, -0.2) is 9.59 Å². The summed E-state index contributed by atoms with van der Waals surface area (Å²) in [6.45, 7) is 4.50. The second kappa shape index (κ2) is 10.3. The van der Waals surface area contributed by atoms with E-state index in [9.17, 15) is 9.59 Å². The van der Waals surface area contributed by atoms with E-state index in [1.165, 1.54) is 0 Å². The number of benzene rings is 2. The number of nitrogens with one attached hydrogen (secondary N) is 2. The van der Waals surface area contributed by atoms with Crippen LogP contribution in [0.15, 0.2) is 52.5 Å². The molecule has 0 aliphatic carbocycles. The van der Waals surface area contributed by atoms with Crippen molar-refractivity contribution in [3.8, 4) is 11.5 Å². The van der Waals surface area contributed by atoms with Crippen molar-refractivity contribution in [2.24, 2.45) is 0 Å². The fourth-order valence-corrected chi connectivity index (χ4v) is 3.90. The summed E-state index contributed by atoms with van der Waals surface area (Å²) < 4.78 is 17.3. The summed E-state index contributed by atoms with van der Waals surface area (Å²) in [6.07, 6.45) is 0.845. The second-order valence-corrected chi connectivity index (χ2v) is 7.64. The van der Waals surface area contributed by atoms with Crippen LogP contribution in [-0.4, -0.2) is 32.3 Å². The molecule has 3 rings (SSSR count). The summed E-state index contributed by atoms with van der Waals surface area (Å²) >= 11 is 3.53. The summed E-state index contributed by atoms with van der Waals surface area (Å²) in [5, 5.41) is 5.60. The van der Waals surface area contributed by atoms with Gasteiger partial charge in [0.05, 0.1) is 42.1 Å². The number of amides is 2. The first-order valence-corrected chi connectivity index (χ1v) is 10.8. The van der Waals surface area contributed by atoms with Gasteiger partial charge in [0.2, 0.25) is 0 Å². The van der Waals surface area contributed by atoms with E-state index in [1.54, 1.807) is 20.1 Å². The maximum absolute atomic E-state index is 13.0. The fraction of sp³-hybridized carbons (Fsp3) is 0.304. The molecule has 1 atom stereocenters. The van der Waals surface area contributed by atoms with Gasteiger partial charge in [-0.1, -0.05) is 37.3 Å². The van der Waals surface area contributed by atoms with E-state index in [0.717, 1.165) is 6.42 Å². The molecule has 8 heteroatoms. The van der Waals surface area contributed by atoms with Gasteiger partial charge in [0.1, 0.15) is 0 Å². The first kappa shape index (κ1) is 22.7. The van der Waals surface area contributed by atoms with Crippen LogP contribution in [0.5, 0.6) is 11.5 Å². The van der Waals surface area contributed by atoms with Gasteiger partial charge in [-0.05, 0) is 52.5 Å². The Morgan fingerprint density at radius 1 is 1.16 bits per heavy atom. The van der Waals surface area contributed by atoms with Gasteiger partial charge in [-0.3, -0.25) is 0 Å². The topological polar surface area (TPSA) is 85.9 Å². The Labute approximate surface area is 189 Å². The summed E-state index contributed by atoms with van der Waals surface area (Å²) in [6, 6.07) is 11.6. The third-order valence-electron chi connectivity index (χ3n) is 4.67. The third-order valence-corrected chi connectivity index (χ3v) is 5.25. The molecule has 0 bridgehead atoms. The average molecular weight is 489 g/mol. The predicted molar refractivity (Wildman–Crippen MR) is 121 cm³/mol.